The van der Waals surface area contributed by atoms with Gasteiger partial charge < -0.3 is 4.74 Å². The zero-order chi connectivity index (χ0) is 17.5. The fourth-order valence-corrected chi connectivity index (χ4v) is 2.43. The molecule has 2 heterocycles. The summed E-state index contributed by atoms with van der Waals surface area (Å²) in [6.45, 7) is 4.58. The van der Waals surface area contributed by atoms with Crippen molar-refractivity contribution in [2.24, 2.45) is 14.1 Å². The Morgan fingerprint density at radius 2 is 1.78 bits per heavy atom. The molecule has 23 heavy (non-hydrogen) atoms. The quantitative estimate of drug-likeness (QED) is 0.812. The standard InChI is InChI=1S/C14H17F3N4O2/c1-7-6-10(21(5)18-7)13(22)23-12(14(15,16)17)11-8(2)19-20(4)9(11)3/h6,12H,1-5H3/t12-/m0/s1. The van der Waals surface area contributed by atoms with Gasteiger partial charge in [-0.15, -0.1) is 0 Å². The molecule has 0 aliphatic heterocycles. The number of carbonyl (C=O) groups is 1. The number of carbonyl (C=O) groups excluding carboxylic acids is 1. The fraction of sp³-hybridized carbons (Fsp3) is 0.500. The summed E-state index contributed by atoms with van der Waals surface area (Å²) in [6, 6.07) is 1.37. The van der Waals surface area contributed by atoms with Crippen LogP contribution in [0.25, 0.3) is 0 Å². The van der Waals surface area contributed by atoms with Crippen LogP contribution in [0.4, 0.5) is 13.2 Å². The van der Waals surface area contributed by atoms with Crippen molar-refractivity contribution < 1.29 is 22.7 Å². The van der Waals surface area contributed by atoms with Crippen molar-refractivity contribution in [2.45, 2.75) is 33.1 Å². The minimum atomic E-state index is -4.75. The third kappa shape index (κ3) is 3.22. The minimum absolute atomic E-state index is 0.0454. The average molecular weight is 330 g/mol. The molecule has 126 valence electrons. The van der Waals surface area contributed by atoms with E-state index in [0.717, 1.165) is 0 Å². The van der Waals surface area contributed by atoms with Crippen LogP contribution in [0.2, 0.25) is 0 Å². The Kier molecular flexibility index (Phi) is 4.23. The molecule has 0 aromatic carbocycles. The Bertz CT molecular complexity index is 746. The number of rotatable bonds is 3. The maximum absolute atomic E-state index is 13.4. The Labute approximate surface area is 130 Å². The minimum Gasteiger partial charge on any atom is -0.443 e. The van der Waals surface area contributed by atoms with Gasteiger partial charge in [-0.1, -0.05) is 0 Å². The van der Waals surface area contributed by atoms with E-state index in [9.17, 15) is 18.0 Å². The van der Waals surface area contributed by atoms with E-state index in [1.54, 1.807) is 6.92 Å². The molecule has 0 saturated heterocycles. The van der Waals surface area contributed by atoms with E-state index >= 15 is 0 Å². The van der Waals surface area contributed by atoms with Gasteiger partial charge in [-0.3, -0.25) is 9.36 Å². The molecule has 2 rings (SSSR count). The summed E-state index contributed by atoms with van der Waals surface area (Å²) in [7, 11) is 3.00. The van der Waals surface area contributed by atoms with Crippen LogP contribution < -0.4 is 0 Å². The monoisotopic (exact) mass is 330 g/mol. The SMILES string of the molecule is Cc1cc(C(=O)O[C@@H](c2c(C)nn(C)c2C)C(F)(F)F)n(C)n1. The van der Waals surface area contributed by atoms with Gasteiger partial charge in [-0.25, -0.2) is 4.79 Å². The van der Waals surface area contributed by atoms with Gasteiger partial charge in [0.25, 0.3) is 0 Å². The van der Waals surface area contributed by atoms with Crippen molar-refractivity contribution in [3.8, 4) is 0 Å². The summed E-state index contributed by atoms with van der Waals surface area (Å²) in [5.74, 6) is -1.09. The first-order valence-corrected chi connectivity index (χ1v) is 6.80. The van der Waals surface area contributed by atoms with Crippen molar-refractivity contribution >= 4 is 5.97 Å². The molecule has 0 unspecified atom stereocenters. The lowest BCUT2D eigenvalue weighted by molar-refractivity contribution is -0.207. The zero-order valence-corrected chi connectivity index (χ0v) is 13.4. The number of nitrogens with zero attached hydrogens (tertiary/aromatic N) is 4. The summed E-state index contributed by atoms with van der Waals surface area (Å²) in [5, 5.41) is 7.89. The van der Waals surface area contributed by atoms with Crippen LogP contribution in [-0.2, 0) is 18.8 Å². The molecular formula is C14H17F3N4O2. The van der Waals surface area contributed by atoms with Gasteiger partial charge in [0.15, 0.2) is 0 Å². The zero-order valence-electron chi connectivity index (χ0n) is 13.4. The third-order valence-electron chi connectivity index (χ3n) is 3.56. The molecule has 0 aliphatic carbocycles. The molecule has 0 bridgehead atoms. The number of hydrogen-bond acceptors (Lipinski definition) is 4. The summed E-state index contributed by atoms with van der Waals surface area (Å²) in [6.07, 6.45) is -7.12. The van der Waals surface area contributed by atoms with Gasteiger partial charge in [-0.05, 0) is 26.8 Å². The number of esters is 1. The van der Waals surface area contributed by atoms with Gasteiger partial charge in [0, 0.05) is 25.4 Å². The maximum atomic E-state index is 13.4. The smallest absolute Gasteiger partial charge is 0.430 e. The van der Waals surface area contributed by atoms with Crippen LogP contribution in [0, 0.1) is 20.8 Å². The molecule has 1 atom stereocenters. The van der Waals surface area contributed by atoms with Crippen molar-refractivity contribution in [1.82, 2.24) is 19.6 Å². The highest BCUT2D eigenvalue weighted by Crippen LogP contribution is 2.39. The van der Waals surface area contributed by atoms with E-state index in [0.29, 0.717) is 11.4 Å². The largest absolute Gasteiger partial charge is 0.443 e. The second-order valence-electron chi connectivity index (χ2n) is 5.33. The lowest BCUT2D eigenvalue weighted by Gasteiger charge is -2.21. The number of ether oxygens (including phenoxy) is 1. The molecule has 2 aromatic heterocycles. The van der Waals surface area contributed by atoms with Crippen LogP contribution in [-0.4, -0.2) is 31.7 Å². The van der Waals surface area contributed by atoms with Crippen LogP contribution >= 0.6 is 0 Å². The van der Waals surface area contributed by atoms with Gasteiger partial charge in [0.05, 0.1) is 11.4 Å². The highest BCUT2D eigenvalue weighted by atomic mass is 19.4. The molecule has 0 N–H and O–H groups in total. The van der Waals surface area contributed by atoms with Crippen molar-refractivity contribution in [3.05, 3.63) is 34.4 Å². The van der Waals surface area contributed by atoms with E-state index in [2.05, 4.69) is 10.2 Å². The van der Waals surface area contributed by atoms with Crippen LogP contribution in [0.5, 0.6) is 0 Å². The topological polar surface area (TPSA) is 61.9 Å². The van der Waals surface area contributed by atoms with E-state index in [-0.39, 0.29) is 17.0 Å². The molecule has 0 amide bonds. The van der Waals surface area contributed by atoms with E-state index in [1.807, 2.05) is 0 Å². The molecular weight excluding hydrogens is 313 g/mol. The van der Waals surface area contributed by atoms with Crippen LogP contribution in [0.15, 0.2) is 6.07 Å². The third-order valence-corrected chi connectivity index (χ3v) is 3.56. The van der Waals surface area contributed by atoms with E-state index < -0.39 is 18.2 Å². The molecule has 0 radical (unpaired) electrons. The summed E-state index contributed by atoms with van der Waals surface area (Å²) >= 11 is 0. The predicted octanol–water partition coefficient (Wildman–Crippen LogP) is 2.54. The van der Waals surface area contributed by atoms with Crippen molar-refractivity contribution in [2.75, 3.05) is 0 Å². The van der Waals surface area contributed by atoms with Crippen molar-refractivity contribution in [3.63, 3.8) is 0 Å². The Balaban J connectivity index is 2.41. The first-order valence-electron chi connectivity index (χ1n) is 6.80. The summed E-state index contributed by atoms with van der Waals surface area (Å²) in [5.41, 5.74) is 0.778. The number of aryl methyl sites for hydroxylation is 4. The maximum Gasteiger partial charge on any atom is 0.430 e. The van der Waals surface area contributed by atoms with Gasteiger partial charge >= 0.3 is 12.1 Å². The van der Waals surface area contributed by atoms with Gasteiger partial charge in [-0.2, -0.15) is 23.4 Å². The molecule has 9 heteroatoms. The Morgan fingerprint density at radius 1 is 1.17 bits per heavy atom. The van der Waals surface area contributed by atoms with Gasteiger partial charge in [0.2, 0.25) is 6.10 Å². The first kappa shape index (κ1) is 17.0. The van der Waals surface area contributed by atoms with Gasteiger partial charge in [0.1, 0.15) is 5.69 Å². The molecule has 0 fully saturated rings. The number of aromatic nitrogens is 4. The van der Waals surface area contributed by atoms with E-state index in [4.69, 9.17) is 4.74 Å². The second-order valence-corrected chi connectivity index (χ2v) is 5.33. The lowest BCUT2D eigenvalue weighted by atomic mass is 10.1. The lowest BCUT2D eigenvalue weighted by Crippen LogP contribution is -2.28. The van der Waals surface area contributed by atoms with E-state index in [1.165, 1.54) is 43.4 Å². The number of halogens is 3. The highest BCUT2D eigenvalue weighted by Gasteiger charge is 2.47. The molecule has 0 aliphatic rings. The number of alkyl halides is 3. The fourth-order valence-electron chi connectivity index (χ4n) is 2.43. The Hall–Kier alpha value is -2.32. The predicted molar refractivity (Wildman–Crippen MR) is 74.8 cm³/mol. The van der Waals surface area contributed by atoms with Crippen LogP contribution in [0.3, 0.4) is 0 Å². The highest BCUT2D eigenvalue weighted by molar-refractivity contribution is 5.87. The van der Waals surface area contributed by atoms with Crippen LogP contribution in [0.1, 0.15) is 39.2 Å². The molecule has 0 saturated carbocycles. The summed E-state index contributed by atoms with van der Waals surface area (Å²) < 4.78 is 47.6. The number of hydrogen-bond donors (Lipinski definition) is 0. The molecule has 2 aromatic rings. The molecule has 6 nitrogen and oxygen atoms in total. The normalized spacial score (nSPS) is 13.2. The first-order chi connectivity index (χ1) is 10.5. The van der Waals surface area contributed by atoms with Crippen molar-refractivity contribution in [1.29, 1.82) is 0 Å². The average Bonchev–Trinajstić information content (AvgIpc) is 2.86. The molecule has 0 spiro atoms. The Morgan fingerprint density at radius 3 is 2.17 bits per heavy atom. The summed E-state index contributed by atoms with van der Waals surface area (Å²) in [4.78, 5) is 12.1. The second kappa shape index (κ2) is 5.71.